The maximum atomic E-state index is 10.6. The molecule has 1 aromatic heterocycles. The summed E-state index contributed by atoms with van der Waals surface area (Å²) < 4.78 is 0. The van der Waals surface area contributed by atoms with Crippen LogP contribution >= 0.6 is 0 Å². The summed E-state index contributed by atoms with van der Waals surface area (Å²) in [5.74, 6) is -0.888. The number of benzene rings is 1. The molecule has 0 aliphatic heterocycles. The fraction of sp³-hybridized carbons (Fsp3) is 0. The second-order valence-electron chi connectivity index (χ2n) is 2.91. The van der Waals surface area contributed by atoms with Crippen LogP contribution < -0.4 is 0 Å². The number of hydrogen-bond acceptors (Lipinski definition) is 3. The van der Waals surface area contributed by atoms with E-state index in [1.54, 1.807) is 6.07 Å². The summed E-state index contributed by atoms with van der Waals surface area (Å²) >= 11 is 0. The van der Waals surface area contributed by atoms with Gasteiger partial charge in [-0.15, -0.1) is 0 Å². The lowest BCUT2D eigenvalue weighted by Crippen LogP contribution is -1.96. The summed E-state index contributed by atoms with van der Waals surface area (Å²) in [4.78, 5) is 14.5. The van der Waals surface area contributed by atoms with E-state index >= 15 is 0 Å². The minimum atomic E-state index is -1.01. The zero-order chi connectivity index (χ0) is 10.1. The lowest BCUT2D eigenvalue weighted by molar-refractivity contribution is 0.0696. The molecule has 0 radical (unpaired) electrons. The SMILES string of the molecule is O=C(O)c1cnc2cc(O)ccc2c1. The second kappa shape index (κ2) is 2.99. The first kappa shape index (κ1) is 8.50. The third-order valence-corrected chi connectivity index (χ3v) is 1.91. The molecule has 0 amide bonds. The van der Waals surface area contributed by atoms with Crippen molar-refractivity contribution in [2.45, 2.75) is 0 Å². The summed E-state index contributed by atoms with van der Waals surface area (Å²) in [7, 11) is 0. The minimum Gasteiger partial charge on any atom is -0.508 e. The molecule has 0 saturated heterocycles. The Morgan fingerprint density at radius 2 is 2.07 bits per heavy atom. The Morgan fingerprint density at radius 1 is 1.29 bits per heavy atom. The number of aromatic nitrogens is 1. The Hall–Kier alpha value is -2.10. The van der Waals surface area contributed by atoms with Crippen molar-refractivity contribution >= 4 is 16.9 Å². The van der Waals surface area contributed by atoms with Gasteiger partial charge >= 0.3 is 5.97 Å². The van der Waals surface area contributed by atoms with Crippen molar-refractivity contribution < 1.29 is 15.0 Å². The number of carbonyl (C=O) groups is 1. The molecule has 0 aliphatic carbocycles. The monoisotopic (exact) mass is 189 g/mol. The third-order valence-electron chi connectivity index (χ3n) is 1.91. The first-order valence-corrected chi connectivity index (χ1v) is 3.99. The Morgan fingerprint density at radius 3 is 2.79 bits per heavy atom. The van der Waals surface area contributed by atoms with Crippen LogP contribution in [0.15, 0.2) is 30.5 Å². The maximum absolute atomic E-state index is 10.6. The fourth-order valence-corrected chi connectivity index (χ4v) is 1.23. The van der Waals surface area contributed by atoms with Crippen LogP contribution in [0.4, 0.5) is 0 Å². The van der Waals surface area contributed by atoms with Crippen molar-refractivity contribution in [2.75, 3.05) is 0 Å². The van der Waals surface area contributed by atoms with Gasteiger partial charge in [0.05, 0.1) is 11.1 Å². The summed E-state index contributed by atoms with van der Waals surface area (Å²) in [5, 5.41) is 18.6. The summed E-state index contributed by atoms with van der Waals surface area (Å²) in [6.45, 7) is 0. The van der Waals surface area contributed by atoms with Gasteiger partial charge in [-0.3, -0.25) is 4.98 Å². The van der Waals surface area contributed by atoms with Crippen molar-refractivity contribution in [3.8, 4) is 5.75 Å². The van der Waals surface area contributed by atoms with Gasteiger partial charge in [-0.25, -0.2) is 4.79 Å². The Bertz CT molecular complexity index is 508. The second-order valence-corrected chi connectivity index (χ2v) is 2.91. The van der Waals surface area contributed by atoms with Gasteiger partial charge in [-0.2, -0.15) is 0 Å². The predicted molar refractivity (Wildman–Crippen MR) is 50.4 cm³/mol. The normalized spacial score (nSPS) is 10.3. The van der Waals surface area contributed by atoms with Crippen LogP contribution in [-0.2, 0) is 0 Å². The summed E-state index contributed by atoms with van der Waals surface area (Å²) in [5.41, 5.74) is 0.721. The third kappa shape index (κ3) is 1.37. The summed E-state index contributed by atoms with van der Waals surface area (Å²) in [6, 6.07) is 6.13. The summed E-state index contributed by atoms with van der Waals surface area (Å²) in [6.07, 6.45) is 1.27. The highest BCUT2D eigenvalue weighted by atomic mass is 16.4. The highest BCUT2D eigenvalue weighted by Gasteiger charge is 2.04. The quantitative estimate of drug-likeness (QED) is 0.715. The van der Waals surface area contributed by atoms with Gasteiger partial charge in [0.25, 0.3) is 0 Å². The van der Waals surface area contributed by atoms with Gasteiger partial charge in [0.2, 0.25) is 0 Å². The topological polar surface area (TPSA) is 70.4 Å². The van der Waals surface area contributed by atoms with Crippen molar-refractivity contribution in [1.29, 1.82) is 0 Å². The molecule has 1 heterocycles. The number of fused-ring (bicyclic) bond motifs is 1. The molecule has 2 rings (SSSR count). The lowest BCUT2D eigenvalue weighted by Gasteiger charge is -1.99. The fourth-order valence-electron chi connectivity index (χ4n) is 1.23. The molecule has 0 atom stereocenters. The standard InChI is InChI=1S/C10H7NO3/c12-8-2-1-6-3-7(10(13)14)5-11-9(6)4-8/h1-5,12H,(H,13,14). The van der Waals surface area contributed by atoms with E-state index in [-0.39, 0.29) is 11.3 Å². The molecule has 0 saturated carbocycles. The molecule has 2 N–H and O–H groups in total. The van der Waals surface area contributed by atoms with Crippen molar-refractivity contribution in [1.82, 2.24) is 4.98 Å². The van der Waals surface area contributed by atoms with Gasteiger partial charge < -0.3 is 10.2 Å². The van der Waals surface area contributed by atoms with Crippen LogP contribution in [0.1, 0.15) is 10.4 Å². The molecule has 0 fully saturated rings. The molecule has 14 heavy (non-hydrogen) atoms. The van der Waals surface area contributed by atoms with Crippen LogP contribution in [0.25, 0.3) is 10.9 Å². The molecule has 0 unspecified atom stereocenters. The van der Waals surface area contributed by atoms with Gasteiger partial charge in [0.1, 0.15) is 5.75 Å². The maximum Gasteiger partial charge on any atom is 0.337 e. The number of hydrogen-bond donors (Lipinski definition) is 2. The van der Waals surface area contributed by atoms with E-state index in [1.807, 2.05) is 0 Å². The number of rotatable bonds is 1. The number of aromatic carboxylic acids is 1. The van der Waals surface area contributed by atoms with Crippen molar-refractivity contribution in [3.63, 3.8) is 0 Å². The van der Waals surface area contributed by atoms with E-state index in [4.69, 9.17) is 10.2 Å². The Kier molecular flexibility index (Phi) is 1.81. The number of carboxylic acids is 1. The smallest absolute Gasteiger partial charge is 0.337 e. The predicted octanol–water partition coefficient (Wildman–Crippen LogP) is 1.64. The average Bonchev–Trinajstić information content (AvgIpc) is 2.16. The molecule has 4 heteroatoms. The van der Waals surface area contributed by atoms with Gasteiger partial charge in [0, 0.05) is 17.6 Å². The van der Waals surface area contributed by atoms with E-state index in [9.17, 15) is 4.79 Å². The Labute approximate surface area is 79.4 Å². The van der Waals surface area contributed by atoms with Crippen molar-refractivity contribution in [2.24, 2.45) is 0 Å². The zero-order valence-corrected chi connectivity index (χ0v) is 7.14. The van der Waals surface area contributed by atoms with E-state index in [0.29, 0.717) is 10.9 Å². The molecule has 1 aromatic carbocycles. The number of aromatic hydroxyl groups is 1. The van der Waals surface area contributed by atoms with E-state index in [1.165, 1.54) is 24.4 Å². The van der Waals surface area contributed by atoms with Crippen LogP contribution in [0.5, 0.6) is 5.75 Å². The van der Waals surface area contributed by atoms with Gasteiger partial charge in [-0.1, -0.05) is 0 Å². The molecule has 70 valence electrons. The van der Waals surface area contributed by atoms with Crippen LogP contribution in [0.2, 0.25) is 0 Å². The molecular formula is C10H7NO3. The highest BCUT2D eigenvalue weighted by molar-refractivity contribution is 5.92. The van der Waals surface area contributed by atoms with Crippen LogP contribution in [-0.4, -0.2) is 21.2 Å². The number of carboxylic acid groups (broad SMARTS) is 1. The van der Waals surface area contributed by atoms with Crippen molar-refractivity contribution in [3.05, 3.63) is 36.0 Å². The number of pyridine rings is 1. The molecule has 2 aromatic rings. The zero-order valence-electron chi connectivity index (χ0n) is 7.14. The van der Waals surface area contributed by atoms with E-state index in [0.717, 1.165) is 0 Å². The molecule has 0 spiro atoms. The number of phenols is 1. The molecule has 4 nitrogen and oxygen atoms in total. The minimum absolute atomic E-state index is 0.119. The first-order valence-electron chi connectivity index (χ1n) is 3.99. The van der Waals surface area contributed by atoms with E-state index in [2.05, 4.69) is 4.98 Å². The van der Waals surface area contributed by atoms with Crippen LogP contribution in [0.3, 0.4) is 0 Å². The first-order chi connectivity index (χ1) is 6.66. The lowest BCUT2D eigenvalue weighted by atomic mass is 10.1. The van der Waals surface area contributed by atoms with Gasteiger partial charge in [0.15, 0.2) is 0 Å². The number of phenolic OH excluding ortho intramolecular Hbond substituents is 1. The molecule has 0 bridgehead atoms. The van der Waals surface area contributed by atoms with E-state index < -0.39 is 5.97 Å². The highest BCUT2D eigenvalue weighted by Crippen LogP contribution is 2.18. The Balaban J connectivity index is 2.67. The van der Waals surface area contributed by atoms with Gasteiger partial charge in [-0.05, 0) is 18.2 Å². The number of nitrogens with zero attached hydrogens (tertiary/aromatic N) is 1. The largest absolute Gasteiger partial charge is 0.508 e. The molecular weight excluding hydrogens is 182 g/mol. The average molecular weight is 189 g/mol. The molecule has 0 aliphatic rings. The van der Waals surface area contributed by atoms with Crippen LogP contribution in [0, 0.1) is 0 Å².